The first kappa shape index (κ1) is 24.7. The quantitative estimate of drug-likeness (QED) is 0.178. The first-order valence-corrected chi connectivity index (χ1v) is 12.9. The maximum Gasteiger partial charge on any atom is 0.501 e. The summed E-state index contributed by atoms with van der Waals surface area (Å²) < 4.78 is 17.1. The number of amides is 1. The van der Waals surface area contributed by atoms with E-state index < -0.39 is 48.6 Å². The summed E-state index contributed by atoms with van der Waals surface area (Å²) in [6.07, 6.45) is 0.419. The van der Waals surface area contributed by atoms with E-state index in [4.69, 9.17) is 13.3 Å². The number of rotatable bonds is 11. The fourth-order valence-corrected chi connectivity index (χ4v) is 6.78. The van der Waals surface area contributed by atoms with E-state index in [0.717, 1.165) is 12.1 Å². The van der Waals surface area contributed by atoms with Crippen LogP contribution in [-0.2, 0) is 13.3 Å². The van der Waals surface area contributed by atoms with Gasteiger partial charge in [-0.1, -0.05) is 30.3 Å². The number of nitrogens with one attached hydrogen (secondary N) is 2. The number of nitrogens with zero attached hydrogens (tertiary/aromatic N) is 2. The molecule has 2 aromatic carbocycles. The average molecular weight is 505 g/mol. The van der Waals surface area contributed by atoms with Crippen LogP contribution >= 0.6 is 0 Å². The van der Waals surface area contributed by atoms with E-state index in [1.807, 2.05) is 0 Å². The molecule has 13 nitrogen and oxygen atoms in total. The van der Waals surface area contributed by atoms with Crippen LogP contribution in [0, 0.1) is 20.2 Å². The first-order valence-electron chi connectivity index (χ1n) is 10.9. The molecule has 0 aliphatic carbocycles. The number of aliphatic hydroxyl groups is 1. The Hall–Kier alpha value is -3.43. The largest absolute Gasteiger partial charge is 0.501 e. The molecule has 0 unspecified atom stereocenters. The highest BCUT2D eigenvalue weighted by Gasteiger charge is 2.54. The van der Waals surface area contributed by atoms with Crippen molar-refractivity contribution in [1.82, 2.24) is 5.32 Å². The standard InChI is InChI=1S/C21H24N4O9Si/c26-11-18(14-5-2-1-3-6-14)23-21(27)17-9-15(24(28)29)10-19(25(30)31)20(17)22-7-4-8-35-32-12-16(34-35)13-33-35/h1-3,5-6,9-10,16,18,22,26H,4,7-8,11-13H2,(H,23,27)/t16?,18-,35?/m0/s1. The van der Waals surface area contributed by atoms with Gasteiger partial charge in [-0.3, -0.25) is 25.0 Å². The van der Waals surface area contributed by atoms with E-state index in [-0.39, 0.29) is 23.9 Å². The summed E-state index contributed by atoms with van der Waals surface area (Å²) >= 11 is 0. The molecule has 2 aliphatic heterocycles. The predicted octanol–water partition coefficient (Wildman–Crippen LogP) is 2.15. The lowest BCUT2D eigenvalue weighted by Crippen LogP contribution is -2.38. The number of carbonyl (C=O) groups is 1. The van der Waals surface area contributed by atoms with Gasteiger partial charge in [0.05, 0.1) is 53.4 Å². The number of non-ortho nitro benzene ring substituents is 1. The van der Waals surface area contributed by atoms with Crippen molar-refractivity contribution in [2.45, 2.75) is 24.6 Å². The monoisotopic (exact) mass is 504 g/mol. The summed E-state index contributed by atoms with van der Waals surface area (Å²) in [6, 6.07) is 10.1. The third-order valence-electron chi connectivity index (χ3n) is 5.73. The van der Waals surface area contributed by atoms with Crippen LogP contribution in [0.15, 0.2) is 42.5 Å². The van der Waals surface area contributed by atoms with Crippen LogP contribution in [0.4, 0.5) is 17.1 Å². The lowest BCUT2D eigenvalue weighted by atomic mass is 10.1. The number of nitro benzene ring substituents is 2. The van der Waals surface area contributed by atoms with Gasteiger partial charge in [-0.15, -0.1) is 0 Å². The van der Waals surface area contributed by atoms with Gasteiger partial charge in [-0.25, -0.2) is 0 Å². The van der Waals surface area contributed by atoms with Gasteiger partial charge in [0.25, 0.3) is 17.3 Å². The summed E-state index contributed by atoms with van der Waals surface area (Å²) in [7, 11) is -2.70. The lowest BCUT2D eigenvalue weighted by Gasteiger charge is -2.20. The number of hydrogen-bond acceptors (Lipinski definition) is 10. The van der Waals surface area contributed by atoms with Crippen LogP contribution in [0.3, 0.4) is 0 Å². The Labute approximate surface area is 200 Å². The van der Waals surface area contributed by atoms with E-state index in [2.05, 4.69) is 10.6 Å². The Morgan fingerprint density at radius 2 is 1.86 bits per heavy atom. The van der Waals surface area contributed by atoms with Crippen LogP contribution in [-0.4, -0.2) is 62.1 Å². The lowest BCUT2D eigenvalue weighted by molar-refractivity contribution is -0.393. The normalized spacial score (nSPS) is 21.5. The van der Waals surface area contributed by atoms with Gasteiger partial charge < -0.3 is 29.0 Å². The highest BCUT2D eigenvalue weighted by atomic mass is 28.4. The predicted molar refractivity (Wildman–Crippen MR) is 124 cm³/mol. The highest BCUT2D eigenvalue weighted by Crippen LogP contribution is 2.35. The van der Waals surface area contributed by atoms with Crippen LogP contribution in [0.1, 0.15) is 28.4 Å². The SMILES string of the molecule is O=C(N[C@@H](CO)c1ccccc1)c1cc([N+](=O)[O-])cc([N+](=O)[O-])c1NCCC[Si]12OCC(CO1)O2. The second kappa shape index (κ2) is 10.5. The Morgan fingerprint density at radius 3 is 2.43 bits per heavy atom. The first-order chi connectivity index (χ1) is 16.8. The van der Waals surface area contributed by atoms with Gasteiger partial charge in [-0.2, -0.15) is 0 Å². The molecule has 2 saturated heterocycles. The number of fused-ring (bicyclic) bond motifs is 2. The van der Waals surface area contributed by atoms with Crippen LogP contribution < -0.4 is 10.6 Å². The van der Waals surface area contributed by atoms with E-state index in [0.29, 0.717) is 31.2 Å². The van der Waals surface area contributed by atoms with Crippen molar-refractivity contribution in [3.05, 3.63) is 73.8 Å². The Morgan fingerprint density at radius 1 is 1.14 bits per heavy atom. The van der Waals surface area contributed by atoms with Gasteiger partial charge in [0.2, 0.25) is 0 Å². The topological polar surface area (TPSA) is 175 Å². The maximum absolute atomic E-state index is 13.1. The smallest absolute Gasteiger partial charge is 0.394 e. The fourth-order valence-electron chi connectivity index (χ4n) is 4.02. The zero-order valence-corrected chi connectivity index (χ0v) is 19.5. The van der Waals surface area contributed by atoms with Crippen LogP contribution in [0.2, 0.25) is 6.04 Å². The molecule has 2 fully saturated rings. The minimum Gasteiger partial charge on any atom is -0.394 e. The van der Waals surface area contributed by atoms with Crippen molar-refractivity contribution in [3.63, 3.8) is 0 Å². The Kier molecular flexibility index (Phi) is 7.37. The molecular weight excluding hydrogens is 480 g/mol. The molecule has 186 valence electrons. The minimum atomic E-state index is -2.70. The van der Waals surface area contributed by atoms with Gasteiger partial charge >= 0.3 is 8.80 Å². The van der Waals surface area contributed by atoms with Crippen molar-refractivity contribution in [2.75, 3.05) is 31.7 Å². The molecule has 35 heavy (non-hydrogen) atoms. The fraction of sp³-hybridized carbons (Fsp3) is 0.381. The summed E-state index contributed by atoms with van der Waals surface area (Å²) in [6.45, 7) is 0.746. The molecule has 1 amide bonds. The van der Waals surface area contributed by atoms with Crippen molar-refractivity contribution >= 4 is 31.8 Å². The van der Waals surface area contributed by atoms with Gasteiger partial charge in [0.15, 0.2) is 0 Å². The Bertz CT molecular complexity index is 1110. The van der Waals surface area contributed by atoms with Crippen molar-refractivity contribution in [3.8, 4) is 0 Å². The van der Waals surface area contributed by atoms with Crippen molar-refractivity contribution in [2.24, 2.45) is 0 Å². The van der Waals surface area contributed by atoms with Gasteiger partial charge in [0.1, 0.15) is 5.69 Å². The second-order valence-corrected chi connectivity index (χ2v) is 10.8. The van der Waals surface area contributed by atoms with Crippen molar-refractivity contribution < 1.29 is 33.0 Å². The third kappa shape index (κ3) is 5.46. The molecule has 0 spiro atoms. The molecule has 1 atom stereocenters. The number of anilines is 1. The molecule has 2 aromatic rings. The molecule has 0 radical (unpaired) electrons. The maximum atomic E-state index is 13.1. The Balaban J connectivity index is 1.56. The van der Waals surface area contributed by atoms with E-state index in [1.54, 1.807) is 30.3 Å². The van der Waals surface area contributed by atoms with Crippen LogP contribution in [0.25, 0.3) is 0 Å². The summed E-state index contributed by atoms with van der Waals surface area (Å²) in [5.41, 5.74) is -1.03. The summed E-state index contributed by atoms with van der Waals surface area (Å²) in [4.78, 5) is 34.7. The van der Waals surface area contributed by atoms with Crippen LogP contribution in [0.5, 0.6) is 0 Å². The molecule has 4 rings (SSSR count). The number of nitro groups is 2. The molecule has 2 bridgehead atoms. The third-order valence-corrected chi connectivity index (χ3v) is 8.60. The molecule has 14 heteroatoms. The number of aliphatic hydroxyl groups excluding tert-OH is 1. The molecule has 2 aliphatic rings. The van der Waals surface area contributed by atoms with E-state index >= 15 is 0 Å². The summed E-state index contributed by atoms with van der Waals surface area (Å²) in [5, 5.41) is 38.4. The average Bonchev–Trinajstić information content (AvgIpc) is 3.46. The molecular formula is C21H24N4O9Si. The molecule has 0 aromatic heterocycles. The van der Waals surface area contributed by atoms with E-state index in [1.165, 1.54) is 0 Å². The van der Waals surface area contributed by atoms with E-state index in [9.17, 15) is 30.1 Å². The zero-order valence-electron chi connectivity index (χ0n) is 18.5. The second-order valence-electron chi connectivity index (χ2n) is 8.10. The number of hydrogen-bond donors (Lipinski definition) is 3. The molecule has 2 heterocycles. The van der Waals surface area contributed by atoms with Gasteiger partial charge in [-0.05, 0) is 12.0 Å². The van der Waals surface area contributed by atoms with Crippen molar-refractivity contribution in [1.29, 1.82) is 0 Å². The highest BCUT2D eigenvalue weighted by molar-refractivity contribution is 6.61. The molecule has 3 N–H and O–H groups in total. The van der Waals surface area contributed by atoms with Gasteiger partial charge in [0, 0.05) is 18.7 Å². The molecule has 0 saturated carbocycles. The summed E-state index contributed by atoms with van der Waals surface area (Å²) in [5.74, 6) is -0.806. The zero-order chi connectivity index (χ0) is 25.0. The number of benzene rings is 2. The minimum absolute atomic E-state index is 0.0511. The number of carbonyl (C=O) groups excluding carboxylic acids is 1.